The Morgan fingerprint density at radius 2 is 1.60 bits per heavy atom. The standard InChI is InChI=1S/C41H56F2N4O6S.ClH/c1-4-11-35(12-5-2)52-53-54-28-38(46-41(50)51-36-17-18-47(27-36)26-30-13-8-7-9-14-30)40(49)45-37(22-32-20-33(42)23-34(43)21-32)39(48)25-44-24-31-16-10-15-29(6-3)19-31;/h7-10,13-16,19-21,23,35-39,44,48H,4-6,11-12,17-18,22,24-28H2,1-3H3,(H,45,49)(H,46,50);1H/t36-,37+,38?,39-;/m1./s1. The van der Waals surface area contributed by atoms with Crippen LogP contribution in [0.1, 0.15) is 75.1 Å². The average Bonchev–Trinajstić information content (AvgIpc) is 3.58. The highest BCUT2D eigenvalue weighted by Gasteiger charge is 2.31. The molecule has 4 atom stereocenters. The molecule has 4 rings (SSSR count). The molecular formula is C41H57ClF2N4O6S. The molecule has 3 aromatic rings. The van der Waals surface area contributed by atoms with E-state index in [2.05, 4.69) is 59.8 Å². The third-order valence-electron chi connectivity index (χ3n) is 9.29. The number of aliphatic hydroxyl groups is 1. The number of amides is 2. The van der Waals surface area contributed by atoms with Gasteiger partial charge in [-0.05, 0) is 66.5 Å². The molecule has 1 saturated heterocycles. The molecule has 4 N–H and O–H groups in total. The van der Waals surface area contributed by atoms with E-state index in [1.54, 1.807) is 0 Å². The van der Waals surface area contributed by atoms with Crippen LogP contribution in [0.25, 0.3) is 0 Å². The van der Waals surface area contributed by atoms with E-state index in [4.69, 9.17) is 14.0 Å². The Kier molecular flexibility index (Phi) is 21.0. The van der Waals surface area contributed by atoms with Gasteiger partial charge in [0.05, 0.1) is 24.0 Å². The van der Waals surface area contributed by atoms with E-state index < -0.39 is 41.8 Å². The van der Waals surface area contributed by atoms with Crippen LogP contribution >= 0.6 is 24.4 Å². The molecule has 1 unspecified atom stereocenters. The van der Waals surface area contributed by atoms with Crippen LogP contribution in [-0.2, 0) is 44.7 Å². The zero-order valence-electron chi connectivity index (χ0n) is 32.0. The van der Waals surface area contributed by atoms with E-state index >= 15 is 0 Å². The number of likely N-dealkylation sites (tertiary alicyclic amines) is 1. The van der Waals surface area contributed by atoms with E-state index in [0.29, 0.717) is 19.5 Å². The Morgan fingerprint density at radius 1 is 0.909 bits per heavy atom. The van der Waals surface area contributed by atoms with E-state index in [9.17, 15) is 23.5 Å². The SMILES string of the molecule is CCCC(CCC)OOSCC(NC(=O)O[C@@H]1CCN(Cc2ccccc2)C1)C(=O)N[C@@H](Cc1cc(F)cc(F)c1)[C@H](O)CNCc1cccc(CC)c1.Cl. The minimum Gasteiger partial charge on any atom is -0.445 e. The number of halogens is 3. The molecule has 0 bridgehead atoms. The Labute approximate surface area is 335 Å². The van der Waals surface area contributed by atoms with Gasteiger partial charge in [-0.25, -0.2) is 18.5 Å². The number of benzene rings is 3. The van der Waals surface area contributed by atoms with Crippen molar-refractivity contribution in [1.29, 1.82) is 0 Å². The molecule has 1 aliphatic rings. The number of hydrogen-bond donors (Lipinski definition) is 4. The fourth-order valence-corrected chi connectivity index (χ4v) is 7.06. The van der Waals surface area contributed by atoms with Gasteiger partial charge < -0.3 is 25.8 Å². The highest BCUT2D eigenvalue weighted by Crippen LogP contribution is 2.19. The molecule has 10 nitrogen and oxygen atoms in total. The van der Waals surface area contributed by atoms with Crippen molar-refractivity contribution in [1.82, 2.24) is 20.9 Å². The molecule has 0 saturated carbocycles. The second kappa shape index (κ2) is 25.1. The number of alkyl carbamates (subject to hydrolysis) is 1. The maximum atomic E-state index is 14.2. The number of carbonyl (C=O) groups is 2. The number of carbonyl (C=O) groups excluding carboxylic acids is 2. The molecule has 0 radical (unpaired) electrons. The van der Waals surface area contributed by atoms with Gasteiger partial charge in [0.15, 0.2) is 0 Å². The van der Waals surface area contributed by atoms with E-state index in [1.807, 2.05) is 36.4 Å². The summed E-state index contributed by atoms with van der Waals surface area (Å²) >= 11 is 0.878. The van der Waals surface area contributed by atoms with Crippen LogP contribution in [0.4, 0.5) is 13.6 Å². The number of nitrogens with one attached hydrogen (secondary N) is 3. The van der Waals surface area contributed by atoms with Crippen LogP contribution < -0.4 is 16.0 Å². The summed E-state index contributed by atoms with van der Waals surface area (Å²) in [7, 11) is 0. The van der Waals surface area contributed by atoms with Gasteiger partial charge >= 0.3 is 6.09 Å². The molecule has 0 spiro atoms. The molecule has 304 valence electrons. The number of hydrogen-bond acceptors (Lipinski definition) is 9. The predicted molar refractivity (Wildman–Crippen MR) is 215 cm³/mol. The Bertz CT molecular complexity index is 1550. The molecule has 1 fully saturated rings. The summed E-state index contributed by atoms with van der Waals surface area (Å²) in [6, 6.07) is 19.1. The lowest BCUT2D eigenvalue weighted by atomic mass is 10.00. The summed E-state index contributed by atoms with van der Waals surface area (Å²) in [5.41, 5.74) is 3.63. The highest BCUT2D eigenvalue weighted by molar-refractivity contribution is 7.94. The Balaban J connectivity index is 0.00000812. The minimum atomic E-state index is -1.16. The van der Waals surface area contributed by atoms with Gasteiger partial charge in [-0.3, -0.25) is 9.69 Å². The number of ether oxygens (including phenoxy) is 1. The number of nitrogens with zero attached hydrogens (tertiary/aromatic N) is 1. The second-order valence-electron chi connectivity index (χ2n) is 13.9. The normalized spacial score (nSPS) is 15.9. The number of aryl methyl sites for hydroxylation is 1. The van der Waals surface area contributed by atoms with Gasteiger partial charge in [0.25, 0.3) is 0 Å². The quantitative estimate of drug-likeness (QED) is 0.0346. The van der Waals surface area contributed by atoms with Crippen molar-refractivity contribution in [3.8, 4) is 0 Å². The van der Waals surface area contributed by atoms with Crippen molar-refractivity contribution < 1.29 is 37.4 Å². The van der Waals surface area contributed by atoms with Gasteiger partial charge in [0.1, 0.15) is 23.8 Å². The lowest BCUT2D eigenvalue weighted by Gasteiger charge is -2.27. The van der Waals surface area contributed by atoms with Crippen LogP contribution in [0.3, 0.4) is 0 Å². The monoisotopic (exact) mass is 806 g/mol. The zero-order valence-corrected chi connectivity index (χ0v) is 33.6. The fraction of sp³-hybridized carbons (Fsp3) is 0.512. The molecular weight excluding hydrogens is 750 g/mol. The third-order valence-corrected chi connectivity index (χ3v) is 9.94. The van der Waals surface area contributed by atoms with Gasteiger partial charge in [-0.1, -0.05) is 88.2 Å². The smallest absolute Gasteiger partial charge is 0.408 e. The van der Waals surface area contributed by atoms with Crippen LogP contribution in [0.15, 0.2) is 72.8 Å². The highest BCUT2D eigenvalue weighted by atomic mass is 35.5. The van der Waals surface area contributed by atoms with E-state index in [-0.39, 0.29) is 48.9 Å². The summed E-state index contributed by atoms with van der Waals surface area (Å²) in [4.78, 5) is 35.0. The summed E-state index contributed by atoms with van der Waals surface area (Å²) in [5, 5.41) is 20.1. The topological polar surface area (TPSA) is 121 Å². The van der Waals surface area contributed by atoms with E-state index in [0.717, 1.165) is 74.4 Å². The predicted octanol–water partition coefficient (Wildman–Crippen LogP) is 7.06. The molecule has 2 amide bonds. The first-order valence-electron chi connectivity index (χ1n) is 19.1. The maximum Gasteiger partial charge on any atom is 0.408 e. The molecule has 1 heterocycles. The van der Waals surface area contributed by atoms with Gasteiger partial charge in [-0.15, -0.1) is 12.4 Å². The van der Waals surface area contributed by atoms with Gasteiger partial charge in [0.2, 0.25) is 5.91 Å². The lowest BCUT2D eigenvalue weighted by Crippen LogP contribution is -2.55. The summed E-state index contributed by atoms with van der Waals surface area (Å²) in [5.74, 6) is -2.21. The fourth-order valence-electron chi connectivity index (χ4n) is 6.47. The summed E-state index contributed by atoms with van der Waals surface area (Å²) < 4.78 is 39.6. The van der Waals surface area contributed by atoms with Crippen LogP contribution in [0.5, 0.6) is 0 Å². The molecule has 14 heteroatoms. The molecule has 55 heavy (non-hydrogen) atoms. The first-order chi connectivity index (χ1) is 26.1. The number of rotatable bonds is 23. The lowest BCUT2D eigenvalue weighted by molar-refractivity contribution is -0.234. The van der Waals surface area contributed by atoms with Crippen molar-refractivity contribution >= 4 is 36.5 Å². The van der Waals surface area contributed by atoms with Crippen LogP contribution in [0, 0.1) is 11.6 Å². The zero-order chi connectivity index (χ0) is 38.7. The summed E-state index contributed by atoms with van der Waals surface area (Å²) in [6.07, 6.45) is 2.51. The van der Waals surface area contributed by atoms with E-state index in [1.165, 1.54) is 17.7 Å². The summed E-state index contributed by atoms with van der Waals surface area (Å²) in [6.45, 7) is 8.77. The maximum absolute atomic E-state index is 14.2. The van der Waals surface area contributed by atoms with Gasteiger partial charge in [-0.2, -0.15) is 4.33 Å². The van der Waals surface area contributed by atoms with Crippen molar-refractivity contribution in [3.05, 3.63) is 107 Å². The molecule has 0 aromatic heterocycles. The largest absolute Gasteiger partial charge is 0.445 e. The number of aliphatic hydroxyl groups excluding tert-OH is 1. The second-order valence-corrected chi connectivity index (χ2v) is 14.6. The first kappa shape index (κ1) is 46.1. The van der Waals surface area contributed by atoms with Crippen LogP contribution in [0.2, 0.25) is 0 Å². The van der Waals surface area contributed by atoms with Gasteiger partial charge in [0, 0.05) is 50.8 Å². The third kappa shape index (κ3) is 16.8. The average molecular weight is 807 g/mol. The molecule has 3 aromatic carbocycles. The Morgan fingerprint density at radius 3 is 2.29 bits per heavy atom. The van der Waals surface area contributed by atoms with Crippen molar-refractivity contribution in [2.75, 3.05) is 25.4 Å². The van der Waals surface area contributed by atoms with Crippen LogP contribution in [-0.4, -0.2) is 77.8 Å². The first-order valence-corrected chi connectivity index (χ1v) is 20.0. The van der Waals surface area contributed by atoms with Crippen molar-refractivity contribution in [3.63, 3.8) is 0 Å². The minimum absolute atomic E-state index is 0. The Hall–Kier alpha value is -3.30. The molecule has 0 aliphatic carbocycles. The van der Waals surface area contributed by atoms with Crippen molar-refractivity contribution in [2.45, 2.75) is 109 Å². The molecule has 1 aliphatic heterocycles. The van der Waals surface area contributed by atoms with Crippen molar-refractivity contribution in [2.24, 2.45) is 0 Å².